The van der Waals surface area contributed by atoms with E-state index in [1.165, 1.54) is 23.9 Å². The summed E-state index contributed by atoms with van der Waals surface area (Å²) in [5.41, 5.74) is 0. The molecule has 0 bridgehead atoms. The molecule has 1 rings (SSSR count). The van der Waals surface area contributed by atoms with E-state index >= 15 is 0 Å². The number of carbonyl (C=O) groups excluding carboxylic acids is 1. The van der Waals surface area contributed by atoms with E-state index in [1.54, 1.807) is 16.7 Å². The first kappa shape index (κ1) is 17.1. The number of rotatable bonds is 8. The largest absolute Gasteiger partial charge is 0.394 e. The van der Waals surface area contributed by atoms with Gasteiger partial charge in [-0.1, -0.05) is 23.9 Å². The van der Waals surface area contributed by atoms with Gasteiger partial charge in [-0.25, -0.2) is 0 Å². The highest BCUT2D eigenvalue weighted by molar-refractivity contribution is 7.96. The van der Waals surface area contributed by atoms with Crippen LogP contribution in [0.4, 0.5) is 0 Å². The van der Waals surface area contributed by atoms with Crippen molar-refractivity contribution in [3.63, 3.8) is 0 Å². The lowest BCUT2D eigenvalue weighted by molar-refractivity contribution is -0.126. The summed E-state index contributed by atoms with van der Waals surface area (Å²) in [4.78, 5) is 12.4. The minimum Gasteiger partial charge on any atom is -0.394 e. The Bertz CT molecular complexity index is 315. The van der Waals surface area contributed by atoms with Gasteiger partial charge in [-0.05, 0) is 19.3 Å². The number of thiol groups is 1. The van der Waals surface area contributed by atoms with Crippen molar-refractivity contribution in [2.75, 3.05) is 19.1 Å². The van der Waals surface area contributed by atoms with Gasteiger partial charge < -0.3 is 14.1 Å². The number of carbonyl (C=O) groups is 1. The highest BCUT2D eigenvalue weighted by Crippen LogP contribution is 2.32. The molecule has 1 aliphatic carbocycles. The van der Waals surface area contributed by atoms with Gasteiger partial charge in [0.15, 0.2) is 5.78 Å². The maximum absolute atomic E-state index is 12.4. The van der Waals surface area contributed by atoms with E-state index in [1.807, 2.05) is 12.5 Å². The quantitative estimate of drug-likeness (QED) is 0.469. The topological polar surface area (TPSA) is 52.6 Å². The van der Waals surface area contributed by atoms with Gasteiger partial charge in [0.1, 0.15) is 6.04 Å². The predicted molar refractivity (Wildman–Crippen MR) is 87.1 cm³/mol. The van der Waals surface area contributed by atoms with Gasteiger partial charge in [0, 0.05) is 36.1 Å². The molecule has 1 saturated carbocycles. The molecule has 1 unspecified atom stereocenters. The SMILES string of the molecule is CSN/C=C\N(SC)C(CO)C(=O)[C@H]1CC[C@@H](S)C1. The standard InChI is InChI=1S/C12H22N2O2S3/c1-18-13-5-6-14(19-2)11(8-15)12(16)9-3-4-10(17)7-9/h5-6,9-11,13,15,17H,3-4,7-8H2,1-2H3/b6-5-/t9-,10+,11?/m0/s1. The van der Waals surface area contributed by atoms with Crippen LogP contribution in [0.5, 0.6) is 0 Å². The van der Waals surface area contributed by atoms with Crippen LogP contribution in [0, 0.1) is 5.92 Å². The minimum absolute atomic E-state index is 0.0382. The first-order chi connectivity index (χ1) is 9.13. The van der Waals surface area contributed by atoms with E-state index in [9.17, 15) is 9.90 Å². The number of hydrogen-bond acceptors (Lipinski definition) is 7. The molecular formula is C12H22N2O2S3. The lowest BCUT2D eigenvalue weighted by Crippen LogP contribution is -2.40. The molecule has 4 nitrogen and oxygen atoms in total. The van der Waals surface area contributed by atoms with E-state index in [-0.39, 0.29) is 18.3 Å². The van der Waals surface area contributed by atoms with Gasteiger partial charge in [-0.3, -0.25) is 4.79 Å². The van der Waals surface area contributed by atoms with Crippen LogP contribution in [0.1, 0.15) is 19.3 Å². The van der Waals surface area contributed by atoms with Gasteiger partial charge in [0.2, 0.25) is 0 Å². The van der Waals surface area contributed by atoms with E-state index in [0.717, 1.165) is 19.3 Å². The Balaban J connectivity index is 2.65. The van der Waals surface area contributed by atoms with Gasteiger partial charge in [0.25, 0.3) is 0 Å². The van der Waals surface area contributed by atoms with Crippen molar-refractivity contribution in [2.24, 2.45) is 5.92 Å². The van der Waals surface area contributed by atoms with Crippen molar-refractivity contribution in [1.82, 2.24) is 9.03 Å². The minimum atomic E-state index is -0.474. The van der Waals surface area contributed by atoms with Crippen LogP contribution < -0.4 is 4.72 Å². The zero-order chi connectivity index (χ0) is 14.3. The molecule has 0 aromatic rings. The van der Waals surface area contributed by atoms with Crippen LogP contribution in [0.15, 0.2) is 12.4 Å². The number of aliphatic hydroxyl groups is 1. The van der Waals surface area contributed by atoms with Crippen LogP contribution in [0.3, 0.4) is 0 Å². The van der Waals surface area contributed by atoms with Crippen molar-refractivity contribution in [1.29, 1.82) is 0 Å². The third kappa shape index (κ3) is 5.13. The highest BCUT2D eigenvalue weighted by atomic mass is 32.2. The number of aliphatic hydroxyl groups excluding tert-OH is 1. The second-order valence-corrected chi connectivity index (χ2v) is 6.61. The lowest BCUT2D eigenvalue weighted by Gasteiger charge is -2.27. The van der Waals surface area contributed by atoms with Crippen molar-refractivity contribution >= 4 is 42.3 Å². The summed E-state index contributed by atoms with van der Waals surface area (Å²) >= 11 is 7.34. The van der Waals surface area contributed by atoms with Crippen LogP contribution in [-0.2, 0) is 4.79 Å². The van der Waals surface area contributed by atoms with Crippen molar-refractivity contribution in [3.8, 4) is 0 Å². The lowest BCUT2D eigenvalue weighted by atomic mass is 9.97. The van der Waals surface area contributed by atoms with Gasteiger partial charge in [-0.15, -0.1) is 0 Å². The van der Waals surface area contributed by atoms with Gasteiger partial charge in [0.05, 0.1) is 6.61 Å². The number of ketones is 1. The average Bonchev–Trinajstić information content (AvgIpc) is 2.84. The molecule has 0 spiro atoms. The predicted octanol–water partition coefficient (Wildman–Crippen LogP) is 1.93. The molecule has 0 radical (unpaired) electrons. The first-order valence-corrected chi connectivity index (χ1v) is 9.16. The zero-order valence-corrected chi connectivity index (χ0v) is 13.8. The summed E-state index contributed by atoms with van der Waals surface area (Å²) < 4.78 is 4.79. The zero-order valence-electron chi connectivity index (χ0n) is 11.3. The molecule has 19 heavy (non-hydrogen) atoms. The summed E-state index contributed by atoms with van der Waals surface area (Å²) in [6, 6.07) is -0.474. The van der Waals surface area contributed by atoms with E-state index in [2.05, 4.69) is 17.4 Å². The second-order valence-electron chi connectivity index (χ2n) is 4.44. The fourth-order valence-electron chi connectivity index (χ4n) is 2.25. The molecule has 0 aromatic carbocycles. The molecule has 1 aliphatic rings. The Morgan fingerprint density at radius 2 is 2.32 bits per heavy atom. The molecule has 7 heteroatoms. The highest BCUT2D eigenvalue weighted by Gasteiger charge is 2.34. The van der Waals surface area contributed by atoms with E-state index in [4.69, 9.17) is 0 Å². The van der Waals surface area contributed by atoms with Gasteiger partial charge in [-0.2, -0.15) is 12.6 Å². The molecule has 0 heterocycles. The van der Waals surface area contributed by atoms with Crippen molar-refractivity contribution in [3.05, 3.63) is 12.4 Å². The fraction of sp³-hybridized carbons (Fsp3) is 0.750. The average molecular weight is 323 g/mol. The number of hydrogen-bond donors (Lipinski definition) is 3. The Morgan fingerprint density at radius 1 is 1.58 bits per heavy atom. The fourth-order valence-corrected chi connectivity index (χ4v) is 3.46. The van der Waals surface area contributed by atoms with Crippen molar-refractivity contribution < 1.29 is 9.90 Å². The smallest absolute Gasteiger partial charge is 0.161 e. The number of Topliss-reactive ketones (excluding diaryl/α,β-unsaturated/α-hetero) is 1. The Hall–Kier alpha value is 0.0200. The maximum Gasteiger partial charge on any atom is 0.161 e. The second kappa shape index (κ2) is 9.05. The van der Waals surface area contributed by atoms with E-state index in [0.29, 0.717) is 5.25 Å². The van der Waals surface area contributed by atoms with Crippen LogP contribution in [0.25, 0.3) is 0 Å². The molecule has 2 N–H and O–H groups in total. The molecule has 0 aliphatic heterocycles. The summed E-state index contributed by atoms with van der Waals surface area (Å²) in [5, 5.41) is 9.85. The molecule has 3 atom stereocenters. The van der Waals surface area contributed by atoms with Gasteiger partial charge >= 0.3 is 0 Å². The summed E-state index contributed by atoms with van der Waals surface area (Å²) in [6.45, 7) is -0.156. The van der Waals surface area contributed by atoms with Crippen LogP contribution in [-0.4, -0.2) is 45.6 Å². The molecular weight excluding hydrogens is 300 g/mol. The Morgan fingerprint density at radius 3 is 2.79 bits per heavy atom. The van der Waals surface area contributed by atoms with Crippen molar-refractivity contribution in [2.45, 2.75) is 30.6 Å². The normalized spacial score (nSPS) is 24.6. The summed E-state index contributed by atoms with van der Waals surface area (Å²) in [6.07, 6.45) is 10.1. The number of nitrogens with one attached hydrogen (secondary N) is 1. The van der Waals surface area contributed by atoms with Crippen LogP contribution >= 0.6 is 36.5 Å². The molecule has 110 valence electrons. The first-order valence-electron chi connectivity index (χ1n) is 6.24. The summed E-state index contributed by atoms with van der Waals surface area (Å²) in [5.74, 6) is 0.165. The Labute approximate surface area is 129 Å². The van der Waals surface area contributed by atoms with Crippen LogP contribution in [0.2, 0.25) is 0 Å². The third-order valence-electron chi connectivity index (χ3n) is 3.23. The molecule has 0 amide bonds. The maximum atomic E-state index is 12.4. The monoisotopic (exact) mass is 322 g/mol. The molecule has 0 aromatic heterocycles. The van der Waals surface area contributed by atoms with E-state index < -0.39 is 6.04 Å². The summed E-state index contributed by atoms with van der Waals surface area (Å²) in [7, 11) is 0. The Kier molecular flexibility index (Phi) is 8.13. The third-order valence-corrected chi connectivity index (χ3v) is 4.87. The number of nitrogens with zero attached hydrogens (tertiary/aromatic N) is 1. The molecule has 1 fully saturated rings. The molecule has 0 saturated heterocycles.